The third-order valence-electron chi connectivity index (χ3n) is 4.97. The number of aliphatic hydroxyl groups is 1. The van der Waals surface area contributed by atoms with E-state index in [1.54, 1.807) is 60.7 Å². The number of nitrogens with zero attached hydrogens (tertiary/aromatic N) is 1. The first-order valence-corrected chi connectivity index (χ1v) is 9.58. The van der Waals surface area contributed by atoms with E-state index in [4.69, 9.17) is 20.8 Å². The predicted octanol–water partition coefficient (Wildman–Crippen LogP) is 4.56. The minimum absolute atomic E-state index is 0.000936. The Bertz CT molecular complexity index is 1120. The summed E-state index contributed by atoms with van der Waals surface area (Å²) in [6, 6.07) is 16.1. The molecule has 2 heterocycles. The fourth-order valence-corrected chi connectivity index (χ4v) is 3.74. The zero-order chi connectivity index (χ0) is 21.3. The summed E-state index contributed by atoms with van der Waals surface area (Å²) < 4.78 is 10.5. The van der Waals surface area contributed by atoms with Crippen molar-refractivity contribution in [3.8, 4) is 5.75 Å². The van der Waals surface area contributed by atoms with E-state index in [-0.39, 0.29) is 17.9 Å². The zero-order valence-corrected chi connectivity index (χ0v) is 16.8. The standard InChI is InChI=1S/C23H18ClNO5/c1-29-17-9-7-14(8-10-17)21(26)19-20(15-4-2-5-16(24)12-15)25(23(28)22(19)27)13-18-6-3-11-30-18/h2-12,20,26H,13H2,1H3/b21-19+. The van der Waals surface area contributed by atoms with Crippen molar-refractivity contribution < 1.29 is 23.8 Å². The van der Waals surface area contributed by atoms with Gasteiger partial charge >= 0.3 is 0 Å². The number of furan rings is 1. The number of ether oxygens (including phenoxy) is 1. The number of Topliss-reactive ketones (excluding diaryl/α,β-unsaturated/α-hetero) is 1. The predicted molar refractivity (Wildman–Crippen MR) is 111 cm³/mol. The van der Waals surface area contributed by atoms with Gasteiger partial charge in [0.2, 0.25) is 0 Å². The van der Waals surface area contributed by atoms with Gasteiger partial charge in [0.1, 0.15) is 17.3 Å². The number of aliphatic hydroxyl groups excluding tert-OH is 1. The molecule has 152 valence electrons. The maximum absolute atomic E-state index is 13.0. The fraction of sp³-hybridized carbons (Fsp3) is 0.130. The lowest BCUT2D eigenvalue weighted by molar-refractivity contribution is -0.140. The maximum Gasteiger partial charge on any atom is 0.296 e. The van der Waals surface area contributed by atoms with E-state index in [1.807, 2.05) is 0 Å². The second kappa shape index (κ2) is 8.08. The van der Waals surface area contributed by atoms with Crippen molar-refractivity contribution in [1.29, 1.82) is 0 Å². The van der Waals surface area contributed by atoms with Crippen molar-refractivity contribution in [2.45, 2.75) is 12.6 Å². The molecule has 1 aliphatic heterocycles. The van der Waals surface area contributed by atoms with Crippen molar-refractivity contribution >= 4 is 29.1 Å². The Balaban J connectivity index is 1.85. The van der Waals surface area contributed by atoms with Gasteiger partial charge in [-0.25, -0.2) is 0 Å². The zero-order valence-electron chi connectivity index (χ0n) is 16.0. The van der Waals surface area contributed by atoms with Crippen molar-refractivity contribution in [2.24, 2.45) is 0 Å². The smallest absolute Gasteiger partial charge is 0.296 e. The Morgan fingerprint density at radius 1 is 1.13 bits per heavy atom. The SMILES string of the molecule is COc1ccc(/C(O)=C2\C(=O)C(=O)N(Cc3ccco3)C2c2cccc(Cl)c2)cc1. The van der Waals surface area contributed by atoms with Crippen molar-refractivity contribution in [2.75, 3.05) is 7.11 Å². The summed E-state index contributed by atoms with van der Waals surface area (Å²) in [6.07, 6.45) is 1.50. The van der Waals surface area contributed by atoms with Gasteiger partial charge in [-0.05, 0) is 54.1 Å². The van der Waals surface area contributed by atoms with Crippen molar-refractivity contribution in [1.82, 2.24) is 4.90 Å². The highest BCUT2D eigenvalue weighted by Crippen LogP contribution is 2.41. The molecule has 1 aliphatic rings. The average Bonchev–Trinajstić information content (AvgIpc) is 3.36. The second-order valence-corrected chi connectivity index (χ2v) is 7.23. The molecular weight excluding hydrogens is 406 g/mol. The first-order valence-electron chi connectivity index (χ1n) is 9.20. The summed E-state index contributed by atoms with van der Waals surface area (Å²) >= 11 is 6.16. The number of hydrogen-bond acceptors (Lipinski definition) is 5. The highest BCUT2D eigenvalue weighted by atomic mass is 35.5. The van der Waals surface area contributed by atoms with Crippen LogP contribution >= 0.6 is 11.6 Å². The number of hydrogen-bond donors (Lipinski definition) is 1. The molecule has 1 atom stereocenters. The Labute approximate surface area is 177 Å². The van der Waals surface area contributed by atoms with Crippen LogP contribution in [0.3, 0.4) is 0 Å². The van der Waals surface area contributed by atoms with Crippen LogP contribution in [0.5, 0.6) is 5.75 Å². The molecule has 2 aromatic carbocycles. The molecule has 30 heavy (non-hydrogen) atoms. The molecule has 7 heteroatoms. The third-order valence-corrected chi connectivity index (χ3v) is 5.21. The van der Waals surface area contributed by atoms with E-state index in [1.165, 1.54) is 18.3 Å². The number of methoxy groups -OCH3 is 1. The molecule has 1 unspecified atom stereocenters. The lowest BCUT2D eigenvalue weighted by Gasteiger charge is -2.24. The Morgan fingerprint density at radius 3 is 2.53 bits per heavy atom. The summed E-state index contributed by atoms with van der Waals surface area (Å²) in [5.41, 5.74) is 1.01. The van der Waals surface area contributed by atoms with Crippen LogP contribution in [0.1, 0.15) is 22.9 Å². The minimum Gasteiger partial charge on any atom is -0.507 e. The van der Waals surface area contributed by atoms with Gasteiger partial charge < -0.3 is 19.2 Å². The van der Waals surface area contributed by atoms with Crippen LogP contribution in [0.2, 0.25) is 5.02 Å². The molecule has 0 aliphatic carbocycles. The molecule has 0 radical (unpaired) electrons. The molecule has 3 aromatic rings. The summed E-state index contributed by atoms with van der Waals surface area (Å²) in [5.74, 6) is -0.612. The second-order valence-electron chi connectivity index (χ2n) is 6.79. The van der Waals surface area contributed by atoms with Gasteiger partial charge in [-0.3, -0.25) is 9.59 Å². The van der Waals surface area contributed by atoms with Gasteiger partial charge in [0, 0.05) is 10.6 Å². The van der Waals surface area contributed by atoms with Crippen LogP contribution < -0.4 is 4.74 Å². The van der Waals surface area contributed by atoms with Crippen LogP contribution in [0.15, 0.2) is 76.9 Å². The van der Waals surface area contributed by atoms with Gasteiger partial charge in [-0.15, -0.1) is 0 Å². The number of rotatable bonds is 5. The molecule has 1 saturated heterocycles. The average molecular weight is 424 g/mol. The monoisotopic (exact) mass is 423 g/mol. The summed E-state index contributed by atoms with van der Waals surface area (Å²) in [6.45, 7) is 0.0775. The van der Waals surface area contributed by atoms with Gasteiger partial charge in [-0.2, -0.15) is 0 Å². The van der Waals surface area contributed by atoms with Gasteiger partial charge in [0.25, 0.3) is 11.7 Å². The van der Waals surface area contributed by atoms with Crippen LogP contribution in [0, 0.1) is 0 Å². The topological polar surface area (TPSA) is 80.0 Å². The highest BCUT2D eigenvalue weighted by molar-refractivity contribution is 6.46. The van der Waals surface area contributed by atoms with Gasteiger partial charge in [0.05, 0.1) is 31.5 Å². The number of carbonyl (C=O) groups is 2. The number of ketones is 1. The molecule has 0 bridgehead atoms. The van der Waals surface area contributed by atoms with E-state index in [9.17, 15) is 14.7 Å². The lowest BCUT2D eigenvalue weighted by atomic mass is 9.95. The van der Waals surface area contributed by atoms with Crippen LogP contribution in [-0.4, -0.2) is 28.8 Å². The molecule has 6 nitrogen and oxygen atoms in total. The molecule has 1 fully saturated rings. The normalized spacial score (nSPS) is 18.1. The molecule has 0 saturated carbocycles. The first-order chi connectivity index (χ1) is 14.5. The van der Waals surface area contributed by atoms with Crippen LogP contribution in [0.4, 0.5) is 0 Å². The number of amides is 1. The Hall–Kier alpha value is -3.51. The summed E-state index contributed by atoms with van der Waals surface area (Å²) in [4.78, 5) is 27.2. The molecular formula is C23H18ClNO5. The van der Waals surface area contributed by atoms with E-state index in [0.717, 1.165) is 0 Å². The van der Waals surface area contributed by atoms with Crippen LogP contribution in [-0.2, 0) is 16.1 Å². The van der Waals surface area contributed by atoms with Crippen LogP contribution in [0.25, 0.3) is 5.76 Å². The van der Waals surface area contributed by atoms with E-state index >= 15 is 0 Å². The summed E-state index contributed by atoms with van der Waals surface area (Å²) in [5, 5.41) is 11.5. The number of halogens is 1. The minimum atomic E-state index is -0.809. The molecule has 0 spiro atoms. The first kappa shape index (κ1) is 19.8. The summed E-state index contributed by atoms with van der Waals surface area (Å²) in [7, 11) is 1.54. The van der Waals surface area contributed by atoms with Gasteiger partial charge in [0.15, 0.2) is 0 Å². The highest BCUT2D eigenvalue weighted by Gasteiger charge is 2.46. The van der Waals surface area contributed by atoms with E-state index in [0.29, 0.717) is 27.7 Å². The molecule has 4 rings (SSSR count). The van der Waals surface area contributed by atoms with Crippen molar-refractivity contribution in [3.63, 3.8) is 0 Å². The Morgan fingerprint density at radius 2 is 1.90 bits per heavy atom. The maximum atomic E-state index is 13.0. The molecule has 1 amide bonds. The van der Waals surface area contributed by atoms with E-state index < -0.39 is 17.7 Å². The Kier molecular flexibility index (Phi) is 5.33. The number of carbonyl (C=O) groups excluding carboxylic acids is 2. The quantitative estimate of drug-likeness (QED) is 0.369. The van der Waals surface area contributed by atoms with Crippen molar-refractivity contribution in [3.05, 3.63) is 94.4 Å². The fourth-order valence-electron chi connectivity index (χ4n) is 3.54. The molecule has 1 aromatic heterocycles. The largest absolute Gasteiger partial charge is 0.507 e. The number of benzene rings is 2. The van der Waals surface area contributed by atoms with E-state index in [2.05, 4.69) is 0 Å². The lowest BCUT2D eigenvalue weighted by Crippen LogP contribution is -2.29. The molecule has 1 N–H and O–H groups in total. The third kappa shape index (κ3) is 3.57. The van der Waals surface area contributed by atoms with Gasteiger partial charge in [-0.1, -0.05) is 23.7 Å². The number of likely N-dealkylation sites (tertiary alicyclic amines) is 1.